The third-order valence-corrected chi connectivity index (χ3v) is 3.19. The largest absolute Gasteiger partial charge is 0.321 e. The highest BCUT2D eigenvalue weighted by atomic mass is 31.2. The van der Waals surface area contributed by atoms with E-state index in [0.29, 0.717) is 6.54 Å². The third kappa shape index (κ3) is 3.73. The van der Waals surface area contributed by atoms with E-state index in [1.807, 2.05) is 30.3 Å². The first kappa shape index (κ1) is 10.5. The van der Waals surface area contributed by atoms with Gasteiger partial charge in [0.2, 0.25) is 0 Å². The molecule has 1 atom stereocenters. The first-order chi connectivity index (χ1) is 6.14. The Kier molecular flexibility index (Phi) is 3.67. The fourth-order valence-corrected chi connectivity index (χ4v) is 1.49. The summed E-state index contributed by atoms with van der Waals surface area (Å²) in [7, 11) is -1.15. The normalized spacial score (nSPS) is 15.2. The van der Waals surface area contributed by atoms with Crippen LogP contribution in [-0.2, 0) is 15.6 Å². The maximum atomic E-state index is 11.4. The molecule has 0 saturated carbocycles. The smallest absolute Gasteiger partial charge is 0.266 e. The molecule has 1 unspecified atom stereocenters. The molecule has 0 aliphatic rings. The zero-order valence-corrected chi connectivity index (χ0v) is 8.75. The Balaban J connectivity index is 2.49. The molecule has 1 aromatic carbocycles. The summed E-state index contributed by atoms with van der Waals surface area (Å²) in [5, 5.41) is 2.86. The molecule has 0 radical (unpaired) electrons. The van der Waals surface area contributed by atoms with Gasteiger partial charge in [-0.3, -0.25) is 4.57 Å². The minimum absolute atomic E-state index is 0.572. The summed E-state index contributed by atoms with van der Waals surface area (Å²) in [6.07, 6.45) is 0. The van der Waals surface area contributed by atoms with Crippen molar-refractivity contribution in [2.75, 3.05) is 13.8 Å². The van der Waals surface area contributed by atoms with Crippen LogP contribution in [0.25, 0.3) is 0 Å². The number of rotatable bonds is 4. The van der Waals surface area contributed by atoms with Gasteiger partial charge >= 0.3 is 0 Å². The summed E-state index contributed by atoms with van der Waals surface area (Å²) < 4.78 is 16.2. The van der Waals surface area contributed by atoms with Crippen LogP contribution in [0.4, 0.5) is 0 Å². The molecular weight excluding hydrogens is 185 g/mol. The summed E-state index contributed by atoms with van der Waals surface area (Å²) >= 11 is 0. The molecule has 0 saturated heterocycles. The van der Waals surface area contributed by atoms with E-state index in [2.05, 4.69) is 5.09 Å². The van der Waals surface area contributed by atoms with Crippen molar-refractivity contribution in [1.29, 1.82) is 0 Å². The average Bonchev–Trinajstić information content (AvgIpc) is 2.17. The Bertz CT molecular complexity index is 300. The van der Waals surface area contributed by atoms with Crippen molar-refractivity contribution in [3.8, 4) is 0 Å². The summed E-state index contributed by atoms with van der Waals surface area (Å²) in [6.45, 7) is 2.14. The Labute approximate surface area is 78.6 Å². The van der Waals surface area contributed by atoms with Crippen molar-refractivity contribution in [3.63, 3.8) is 0 Å². The Hall–Kier alpha value is -0.630. The predicted octanol–water partition coefficient (Wildman–Crippen LogP) is 2.25. The van der Waals surface area contributed by atoms with E-state index in [9.17, 15) is 4.57 Å². The maximum absolute atomic E-state index is 11.4. The second kappa shape index (κ2) is 4.56. The summed E-state index contributed by atoms with van der Waals surface area (Å²) in [5.41, 5.74) is 1.10. The molecule has 1 N–H and O–H groups in total. The molecule has 0 aliphatic carbocycles. The second-order valence-electron chi connectivity index (χ2n) is 2.85. The van der Waals surface area contributed by atoms with Crippen molar-refractivity contribution >= 4 is 7.52 Å². The van der Waals surface area contributed by atoms with E-state index in [4.69, 9.17) is 4.52 Å². The van der Waals surface area contributed by atoms with Gasteiger partial charge in [0.25, 0.3) is 7.52 Å². The van der Waals surface area contributed by atoms with Gasteiger partial charge in [0.1, 0.15) is 0 Å². The molecule has 4 heteroatoms. The molecule has 13 heavy (non-hydrogen) atoms. The number of hydrogen-bond acceptors (Lipinski definition) is 2. The van der Waals surface area contributed by atoms with Crippen molar-refractivity contribution < 1.29 is 9.09 Å². The first-order valence-corrected chi connectivity index (χ1v) is 6.13. The molecule has 0 aromatic heterocycles. The van der Waals surface area contributed by atoms with Gasteiger partial charge in [0, 0.05) is 20.3 Å². The van der Waals surface area contributed by atoms with Gasteiger partial charge in [-0.25, -0.2) is 5.09 Å². The SMILES string of the molecule is COP(C)(=O)NCc1ccccc1. The van der Waals surface area contributed by atoms with Crippen LogP contribution in [0.15, 0.2) is 30.3 Å². The third-order valence-electron chi connectivity index (χ3n) is 1.76. The topological polar surface area (TPSA) is 38.3 Å². The van der Waals surface area contributed by atoms with Gasteiger partial charge in [-0.1, -0.05) is 30.3 Å². The number of nitrogens with one attached hydrogen (secondary N) is 1. The number of benzene rings is 1. The highest BCUT2D eigenvalue weighted by molar-refractivity contribution is 7.55. The lowest BCUT2D eigenvalue weighted by atomic mass is 10.2. The lowest BCUT2D eigenvalue weighted by Gasteiger charge is -2.11. The van der Waals surface area contributed by atoms with Crippen LogP contribution in [0.5, 0.6) is 0 Å². The molecule has 0 bridgehead atoms. The van der Waals surface area contributed by atoms with Gasteiger partial charge in [0.15, 0.2) is 0 Å². The van der Waals surface area contributed by atoms with Gasteiger partial charge in [-0.15, -0.1) is 0 Å². The summed E-state index contributed by atoms with van der Waals surface area (Å²) in [6, 6.07) is 9.80. The molecule has 3 nitrogen and oxygen atoms in total. The Morgan fingerprint density at radius 2 is 2.00 bits per heavy atom. The molecule has 1 aromatic rings. The molecule has 0 spiro atoms. The standard InChI is InChI=1S/C9H14NO2P/c1-12-13(2,11)10-8-9-6-4-3-5-7-9/h3-7H,8H2,1-2H3,(H,10,11). The fourth-order valence-electron chi connectivity index (χ4n) is 0.895. The molecular formula is C9H14NO2P. The zero-order chi connectivity index (χ0) is 9.73. The van der Waals surface area contributed by atoms with E-state index in [1.165, 1.54) is 7.11 Å². The molecule has 0 heterocycles. The van der Waals surface area contributed by atoms with Crippen LogP contribution < -0.4 is 5.09 Å². The first-order valence-electron chi connectivity index (χ1n) is 4.06. The van der Waals surface area contributed by atoms with E-state index in [0.717, 1.165) is 5.56 Å². The van der Waals surface area contributed by atoms with E-state index in [1.54, 1.807) is 6.66 Å². The van der Waals surface area contributed by atoms with Crippen molar-refractivity contribution in [1.82, 2.24) is 5.09 Å². The van der Waals surface area contributed by atoms with Gasteiger partial charge < -0.3 is 4.52 Å². The average molecular weight is 199 g/mol. The maximum Gasteiger partial charge on any atom is 0.266 e. The van der Waals surface area contributed by atoms with Crippen molar-refractivity contribution in [3.05, 3.63) is 35.9 Å². The van der Waals surface area contributed by atoms with Crippen molar-refractivity contribution in [2.45, 2.75) is 6.54 Å². The van der Waals surface area contributed by atoms with Gasteiger partial charge in [-0.2, -0.15) is 0 Å². The van der Waals surface area contributed by atoms with Crippen molar-refractivity contribution in [2.24, 2.45) is 0 Å². The predicted molar refractivity (Wildman–Crippen MR) is 53.8 cm³/mol. The van der Waals surface area contributed by atoms with E-state index >= 15 is 0 Å². The lowest BCUT2D eigenvalue weighted by Crippen LogP contribution is -2.09. The Morgan fingerprint density at radius 3 is 2.54 bits per heavy atom. The highest BCUT2D eigenvalue weighted by Gasteiger charge is 2.11. The quantitative estimate of drug-likeness (QED) is 0.756. The zero-order valence-electron chi connectivity index (χ0n) is 7.86. The minimum atomic E-state index is -2.59. The fraction of sp³-hybridized carbons (Fsp3) is 0.333. The van der Waals surface area contributed by atoms with Crippen LogP contribution in [0.3, 0.4) is 0 Å². The monoisotopic (exact) mass is 199 g/mol. The van der Waals surface area contributed by atoms with Crippen LogP contribution >= 0.6 is 7.52 Å². The lowest BCUT2D eigenvalue weighted by molar-refractivity contribution is 0.387. The Morgan fingerprint density at radius 1 is 1.38 bits per heavy atom. The number of hydrogen-bond donors (Lipinski definition) is 1. The van der Waals surface area contributed by atoms with E-state index in [-0.39, 0.29) is 0 Å². The molecule has 0 amide bonds. The minimum Gasteiger partial charge on any atom is -0.321 e. The molecule has 1 rings (SSSR count). The van der Waals surface area contributed by atoms with Crippen LogP contribution in [0.1, 0.15) is 5.56 Å². The van der Waals surface area contributed by atoms with Crippen LogP contribution in [-0.4, -0.2) is 13.8 Å². The summed E-state index contributed by atoms with van der Waals surface area (Å²) in [4.78, 5) is 0. The molecule has 0 fully saturated rings. The molecule has 0 aliphatic heterocycles. The van der Waals surface area contributed by atoms with Crippen LogP contribution in [0.2, 0.25) is 0 Å². The summed E-state index contributed by atoms with van der Waals surface area (Å²) in [5.74, 6) is 0. The van der Waals surface area contributed by atoms with Gasteiger partial charge in [-0.05, 0) is 5.56 Å². The molecule has 72 valence electrons. The highest BCUT2D eigenvalue weighted by Crippen LogP contribution is 2.35. The van der Waals surface area contributed by atoms with Gasteiger partial charge in [0.05, 0.1) is 0 Å². The second-order valence-corrected chi connectivity index (χ2v) is 5.22. The van der Waals surface area contributed by atoms with Crippen LogP contribution in [0, 0.1) is 0 Å². The van der Waals surface area contributed by atoms with E-state index < -0.39 is 7.52 Å².